The van der Waals surface area contributed by atoms with Crippen LogP contribution in [0.1, 0.15) is 31.9 Å². The highest BCUT2D eigenvalue weighted by atomic mass is 16.5. The summed E-state index contributed by atoms with van der Waals surface area (Å²) in [4.78, 5) is 16.1. The Morgan fingerprint density at radius 1 is 1.23 bits per heavy atom. The summed E-state index contributed by atoms with van der Waals surface area (Å²) in [5, 5.41) is 2.74. The summed E-state index contributed by atoms with van der Waals surface area (Å²) in [6.45, 7) is 8.26. The maximum atomic E-state index is 12.0. The molecule has 4 heteroatoms. The first-order valence-corrected chi connectivity index (χ1v) is 7.31. The number of nitrogens with zero attached hydrogens (tertiary/aromatic N) is 1. The highest BCUT2D eigenvalue weighted by molar-refractivity contribution is 5.91. The maximum absolute atomic E-state index is 12.0. The number of benzene rings is 1. The SMILES string of the molecule is Cc1ccnc(NC(=O)COc2ccccc2C(C)(C)C)c1. The predicted molar refractivity (Wildman–Crippen MR) is 88.2 cm³/mol. The van der Waals surface area contributed by atoms with E-state index in [0.29, 0.717) is 5.82 Å². The summed E-state index contributed by atoms with van der Waals surface area (Å²) in [6, 6.07) is 11.5. The van der Waals surface area contributed by atoms with Gasteiger partial charge in [0.15, 0.2) is 6.61 Å². The van der Waals surface area contributed by atoms with Crippen molar-refractivity contribution in [1.29, 1.82) is 0 Å². The van der Waals surface area contributed by atoms with Crippen LogP contribution in [0.2, 0.25) is 0 Å². The number of aromatic nitrogens is 1. The summed E-state index contributed by atoms with van der Waals surface area (Å²) >= 11 is 0. The number of nitrogens with one attached hydrogen (secondary N) is 1. The van der Waals surface area contributed by atoms with Crippen LogP contribution in [0.15, 0.2) is 42.6 Å². The zero-order valence-corrected chi connectivity index (χ0v) is 13.5. The Kier molecular flexibility index (Phi) is 4.81. The average Bonchev–Trinajstić information content (AvgIpc) is 2.44. The largest absolute Gasteiger partial charge is 0.483 e. The molecule has 0 fully saturated rings. The number of hydrogen-bond acceptors (Lipinski definition) is 3. The van der Waals surface area contributed by atoms with Crippen molar-refractivity contribution in [3.63, 3.8) is 0 Å². The molecule has 0 radical (unpaired) electrons. The Morgan fingerprint density at radius 2 is 1.95 bits per heavy atom. The monoisotopic (exact) mass is 298 g/mol. The molecule has 0 bridgehead atoms. The van der Waals surface area contributed by atoms with Crippen LogP contribution in [0.25, 0.3) is 0 Å². The molecule has 0 spiro atoms. The van der Waals surface area contributed by atoms with Crippen molar-refractivity contribution >= 4 is 11.7 Å². The molecular weight excluding hydrogens is 276 g/mol. The van der Waals surface area contributed by atoms with Gasteiger partial charge in [-0.25, -0.2) is 4.98 Å². The van der Waals surface area contributed by atoms with E-state index in [0.717, 1.165) is 16.9 Å². The molecule has 1 heterocycles. The van der Waals surface area contributed by atoms with Crippen LogP contribution in [0.5, 0.6) is 5.75 Å². The topological polar surface area (TPSA) is 51.2 Å². The van der Waals surface area contributed by atoms with Crippen molar-refractivity contribution in [2.75, 3.05) is 11.9 Å². The lowest BCUT2D eigenvalue weighted by molar-refractivity contribution is -0.118. The molecule has 22 heavy (non-hydrogen) atoms. The van der Waals surface area contributed by atoms with Crippen molar-refractivity contribution in [3.8, 4) is 5.75 Å². The lowest BCUT2D eigenvalue weighted by Crippen LogP contribution is -2.22. The molecule has 1 N–H and O–H groups in total. The second kappa shape index (κ2) is 6.60. The first kappa shape index (κ1) is 16.0. The van der Waals surface area contributed by atoms with Gasteiger partial charge in [0.1, 0.15) is 11.6 Å². The molecule has 4 nitrogen and oxygen atoms in total. The van der Waals surface area contributed by atoms with E-state index in [1.54, 1.807) is 6.20 Å². The maximum Gasteiger partial charge on any atom is 0.263 e. The molecule has 0 saturated carbocycles. The summed E-state index contributed by atoms with van der Waals surface area (Å²) < 4.78 is 5.69. The van der Waals surface area contributed by atoms with Gasteiger partial charge in [-0.15, -0.1) is 0 Å². The molecule has 116 valence electrons. The highest BCUT2D eigenvalue weighted by Gasteiger charge is 2.18. The van der Waals surface area contributed by atoms with E-state index in [4.69, 9.17) is 4.74 Å². The molecular formula is C18H22N2O2. The third kappa shape index (κ3) is 4.32. The fraction of sp³-hybridized carbons (Fsp3) is 0.333. The summed E-state index contributed by atoms with van der Waals surface area (Å²) in [6.07, 6.45) is 1.67. The average molecular weight is 298 g/mol. The normalized spacial score (nSPS) is 11.1. The third-order valence-corrected chi connectivity index (χ3v) is 3.24. The summed E-state index contributed by atoms with van der Waals surface area (Å²) in [7, 11) is 0. The minimum absolute atomic E-state index is 0.0365. The number of carbonyl (C=O) groups is 1. The molecule has 0 unspecified atom stereocenters. The zero-order chi connectivity index (χ0) is 16.2. The Bertz CT molecular complexity index is 660. The third-order valence-electron chi connectivity index (χ3n) is 3.24. The van der Waals surface area contributed by atoms with Gasteiger partial charge in [0.2, 0.25) is 0 Å². The van der Waals surface area contributed by atoms with Crippen molar-refractivity contribution in [2.45, 2.75) is 33.1 Å². The molecule has 0 aliphatic heterocycles. The van der Waals surface area contributed by atoms with E-state index >= 15 is 0 Å². The summed E-state index contributed by atoms with van der Waals surface area (Å²) in [5.41, 5.74) is 2.09. The van der Waals surface area contributed by atoms with E-state index in [9.17, 15) is 4.79 Å². The lowest BCUT2D eigenvalue weighted by atomic mass is 9.86. The Balaban J connectivity index is 2.00. The second-order valence-electron chi connectivity index (χ2n) is 6.30. The Labute approximate surface area is 131 Å². The van der Waals surface area contributed by atoms with E-state index < -0.39 is 0 Å². The molecule has 0 atom stereocenters. The first-order chi connectivity index (χ1) is 10.4. The van der Waals surface area contributed by atoms with E-state index in [2.05, 4.69) is 31.1 Å². The summed E-state index contributed by atoms with van der Waals surface area (Å²) in [5.74, 6) is 1.06. The van der Waals surface area contributed by atoms with Gasteiger partial charge in [-0.2, -0.15) is 0 Å². The molecule has 1 amide bonds. The Morgan fingerprint density at radius 3 is 2.64 bits per heavy atom. The van der Waals surface area contributed by atoms with Crippen LogP contribution in [-0.2, 0) is 10.2 Å². The van der Waals surface area contributed by atoms with Crippen LogP contribution < -0.4 is 10.1 Å². The van der Waals surface area contributed by atoms with E-state index in [1.165, 1.54) is 0 Å². The molecule has 2 aromatic rings. The standard InChI is InChI=1S/C18H22N2O2/c1-13-9-10-19-16(11-13)20-17(21)12-22-15-8-6-5-7-14(15)18(2,3)4/h5-11H,12H2,1-4H3,(H,19,20,21). The minimum Gasteiger partial charge on any atom is -0.483 e. The minimum atomic E-state index is -0.221. The molecule has 0 saturated heterocycles. The van der Waals surface area contributed by atoms with Crippen LogP contribution in [0, 0.1) is 6.92 Å². The number of aryl methyl sites for hydroxylation is 1. The van der Waals surface area contributed by atoms with Gasteiger partial charge >= 0.3 is 0 Å². The van der Waals surface area contributed by atoms with Crippen molar-refractivity contribution < 1.29 is 9.53 Å². The van der Waals surface area contributed by atoms with Crippen LogP contribution in [0.4, 0.5) is 5.82 Å². The fourth-order valence-electron chi connectivity index (χ4n) is 2.14. The molecule has 1 aromatic heterocycles. The van der Waals surface area contributed by atoms with Crippen LogP contribution in [-0.4, -0.2) is 17.5 Å². The number of hydrogen-bond donors (Lipinski definition) is 1. The van der Waals surface area contributed by atoms with Gasteiger partial charge in [0.05, 0.1) is 0 Å². The van der Waals surface area contributed by atoms with Gasteiger partial charge in [-0.3, -0.25) is 4.79 Å². The zero-order valence-electron chi connectivity index (χ0n) is 13.5. The fourth-order valence-corrected chi connectivity index (χ4v) is 2.14. The predicted octanol–water partition coefficient (Wildman–Crippen LogP) is 3.71. The highest BCUT2D eigenvalue weighted by Crippen LogP contribution is 2.30. The number of ether oxygens (including phenoxy) is 1. The van der Waals surface area contributed by atoms with E-state index in [1.807, 2.05) is 43.3 Å². The van der Waals surface area contributed by atoms with Crippen LogP contribution >= 0.6 is 0 Å². The van der Waals surface area contributed by atoms with Crippen molar-refractivity contribution in [2.24, 2.45) is 0 Å². The van der Waals surface area contributed by atoms with Gasteiger partial charge in [-0.1, -0.05) is 39.0 Å². The van der Waals surface area contributed by atoms with Gasteiger partial charge in [0, 0.05) is 6.20 Å². The Hall–Kier alpha value is -2.36. The lowest BCUT2D eigenvalue weighted by Gasteiger charge is -2.22. The molecule has 0 aliphatic rings. The number of pyridine rings is 1. The molecule has 2 rings (SSSR count). The number of amides is 1. The molecule has 0 aliphatic carbocycles. The quantitative estimate of drug-likeness (QED) is 0.936. The van der Waals surface area contributed by atoms with Crippen molar-refractivity contribution in [3.05, 3.63) is 53.7 Å². The van der Waals surface area contributed by atoms with Crippen molar-refractivity contribution in [1.82, 2.24) is 4.98 Å². The van der Waals surface area contributed by atoms with E-state index in [-0.39, 0.29) is 17.9 Å². The van der Waals surface area contributed by atoms with Gasteiger partial charge in [0.25, 0.3) is 5.91 Å². The number of carbonyl (C=O) groups excluding carboxylic acids is 1. The van der Waals surface area contributed by atoms with Gasteiger partial charge < -0.3 is 10.1 Å². The van der Waals surface area contributed by atoms with Gasteiger partial charge in [-0.05, 0) is 41.7 Å². The smallest absolute Gasteiger partial charge is 0.263 e. The number of anilines is 1. The number of para-hydroxylation sites is 1. The molecule has 1 aromatic carbocycles. The van der Waals surface area contributed by atoms with Crippen LogP contribution in [0.3, 0.4) is 0 Å². The number of rotatable bonds is 4. The first-order valence-electron chi connectivity index (χ1n) is 7.31. The second-order valence-corrected chi connectivity index (χ2v) is 6.30.